The van der Waals surface area contributed by atoms with Crippen LogP contribution in [-0.4, -0.2) is 28.8 Å². The summed E-state index contributed by atoms with van der Waals surface area (Å²) in [5.41, 5.74) is -0.241. The molecule has 2 rings (SSSR count). The van der Waals surface area contributed by atoms with E-state index in [1.807, 2.05) is 0 Å². The molecule has 122 valence electrons. The maximum absolute atomic E-state index is 11.8. The minimum absolute atomic E-state index is 0.0547. The van der Waals surface area contributed by atoms with Crippen molar-refractivity contribution in [2.45, 2.75) is 19.6 Å². The Kier molecular flexibility index (Phi) is 4.81. The minimum Gasteiger partial charge on any atom is -0.478 e. The predicted molar refractivity (Wildman–Crippen MR) is 86.8 cm³/mol. The quantitative estimate of drug-likeness (QED) is 0.416. The zero-order valence-corrected chi connectivity index (χ0v) is 15.1. The van der Waals surface area contributed by atoms with Crippen molar-refractivity contribution >= 4 is 55.5 Å². The predicted octanol–water partition coefficient (Wildman–Crippen LogP) is 3.04. The Morgan fingerprint density at radius 3 is 2.30 bits per heavy atom. The standard InChI is InChI=1S/C14H11Br2NO6/c1-14(2)22-12(20)8(13(21)23-14)5-17-10-7(11(18)19)3-6(15)4-9(10)16/h3-5,17H,1-2H3,(H,18,19). The van der Waals surface area contributed by atoms with Crippen LogP contribution in [0.2, 0.25) is 0 Å². The summed E-state index contributed by atoms with van der Waals surface area (Å²) in [5, 5.41) is 11.9. The van der Waals surface area contributed by atoms with Gasteiger partial charge in [0.05, 0.1) is 11.3 Å². The molecule has 7 nitrogen and oxygen atoms in total. The molecule has 1 fully saturated rings. The summed E-state index contributed by atoms with van der Waals surface area (Å²) >= 11 is 6.41. The Labute approximate surface area is 147 Å². The summed E-state index contributed by atoms with van der Waals surface area (Å²) in [6, 6.07) is 3.00. The number of aromatic carboxylic acids is 1. The number of carboxylic acid groups (broad SMARTS) is 1. The van der Waals surface area contributed by atoms with Gasteiger partial charge in [-0.2, -0.15) is 0 Å². The van der Waals surface area contributed by atoms with Gasteiger partial charge in [-0.1, -0.05) is 15.9 Å². The maximum atomic E-state index is 11.8. The molecule has 1 aliphatic heterocycles. The van der Waals surface area contributed by atoms with E-state index in [4.69, 9.17) is 9.47 Å². The Morgan fingerprint density at radius 1 is 1.22 bits per heavy atom. The van der Waals surface area contributed by atoms with Crippen LogP contribution in [0.1, 0.15) is 24.2 Å². The molecule has 0 aliphatic carbocycles. The van der Waals surface area contributed by atoms with Crippen LogP contribution in [0.4, 0.5) is 5.69 Å². The lowest BCUT2D eigenvalue weighted by molar-refractivity contribution is -0.222. The number of anilines is 1. The first kappa shape index (κ1) is 17.5. The number of nitrogens with one attached hydrogen (secondary N) is 1. The third kappa shape index (κ3) is 3.91. The van der Waals surface area contributed by atoms with E-state index in [1.165, 1.54) is 19.9 Å². The first-order valence-electron chi connectivity index (χ1n) is 6.26. The zero-order valence-electron chi connectivity index (χ0n) is 12.0. The van der Waals surface area contributed by atoms with Gasteiger partial charge in [0.1, 0.15) is 0 Å². The number of carboxylic acids is 1. The fourth-order valence-corrected chi connectivity index (χ4v) is 3.15. The van der Waals surface area contributed by atoms with Crippen LogP contribution in [0.25, 0.3) is 0 Å². The molecular formula is C14H11Br2NO6. The molecule has 1 aromatic carbocycles. The lowest BCUT2D eigenvalue weighted by Gasteiger charge is -2.29. The maximum Gasteiger partial charge on any atom is 0.350 e. The third-order valence-electron chi connectivity index (χ3n) is 2.76. The van der Waals surface area contributed by atoms with Crippen molar-refractivity contribution in [3.05, 3.63) is 38.4 Å². The lowest BCUT2D eigenvalue weighted by Crippen LogP contribution is -2.42. The number of esters is 2. The van der Waals surface area contributed by atoms with E-state index < -0.39 is 23.7 Å². The van der Waals surface area contributed by atoms with E-state index >= 15 is 0 Å². The van der Waals surface area contributed by atoms with Gasteiger partial charge in [0.2, 0.25) is 0 Å². The fraction of sp³-hybridized carbons (Fsp3) is 0.214. The molecule has 0 radical (unpaired) electrons. The minimum atomic E-state index is -1.34. The van der Waals surface area contributed by atoms with Crippen molar-refractivity contribution in [1.82, 2.24) is 0 Å². The van der Waals surface area contributed by atoms with Crippen molar-refractivity contribution < 1.29 is 29.0 Å². The van der Waals surface area contributed by atoms with Crippen molar-refractivity contribution in [3.8, 4) is 0 Å². The van der Waals surface area contributed by atoms with E-state index in [0.717, 1.165) is 6.20 Å². The first-order valence-corrected chi connectivity index (χ1v) is 7.85. The highest BCUT2D eigenvalue weighted by molar-refractivity contribution is 9.11. The van der Waals surface area contributed by atoms with Crippen molar-refractivity contribution in [1.29, 1.82) is 0 Å². The number of ether oxygens (including phenoxy) is 2. The van der Waals surface area contributed by atoms with Crippen LogP contribution in [0.15, 0.2) is 32.9 Å². The van der Waals surface area contributed by atoms with Crippen molar-refractivity contribution in [2.75, 3.05) is 5.32 Å². The third-order valence-corrected chi connectivity index (χ3v) is 3.85. The Bertz CT molecular complexity index is 719. The van der Waals surface area contributed by atoms with Gasteiger partial charge in [-0.05, 0) is 28.1 Å². The number of benzene rings is 1. The second-order valence-corrected chi connectivity index (χ2v) is 6.77. The summed E-state index contributed by atoms with van der Waals surface area (Å²) in [5.74, 6) is -4.23. The van der Waals surface area contributed by atoms with Crippen molar-refractivity contribution in [2.24, 2.45) is 0 Å². The zero-order chi connectivity index (χ0) is 17.4. The fourth-order valence-electron chi connectivity index (χ4n) is 1.81. The van der Waals surface area contributed by atoms with Gasteiger partial charge in [0.15, 0.2) is 5.57 Å². The molecule has 0 saturated carbocycles. The molecule has 1 saturated heterocycles. The summed E-state index contributed by atoms with van der Waals surface area (Å²) in [6.45, 7) is 2.86. The SMILES string of the molecule is CC1(C)OC(=O)C(=CNc2c(Br)cc(Br)cc2C(=O)O)C(=O)O1. The van der Waals surface area contributed by atoms with Crippen LogP contribution in [0, 0.1) is 0 Å². The lowest BCUT2D eigenvalue weighted by atomic mass is 10.1. The van der Waals surface area contributed by atoms with E-state index in [0.29, 0.717) is 8.95 Å². The van der Waals surface area contributed by atoms with E-state index in [9.17, 15) is 19.5 Å². The molecule has 0 unspecified atom stereocenters. The molecule has 0 bridgehead atoms. The summed E-state index contributed by atoms with van der Waals surface area (Å²) in [6.07, 6.45) is 1.06. The molecule has 23 heavy (non-hydrogen) atoms. The van der Waals surface area contributed by atoms with Crippen LogP contribution < -0.4 is 5.32 Å². The molecule has 0 spiro atoms. The molecule has 0 atom stereocenters. The number of carbonyl (C=O) groups is 3. The Morgan fingerprint density at radius 2 is 1.78 bits per heavy atom. The highest BCUT2D eigenvalue weighted by Gasteiger charge is 2.39. The van der Waals surface area contributed by atoms with Crippen LogP contribution in [0.3, 0.4) is 0 Å². The highest BCUT2D eigenvalue weighted by atomic mass is 79.9. The highest BCUT2D eigenvalue weighted by Crippen LogP contribution is 2.31. The van der Waals surface area contributed by atoms with E-state index in [1.54, 1.807) is 6.07 Å². The number of cyclic esters (lactones) is 2. The average molecular weight is 449 g/mol. The van der Waals surface area contributed by atoms with E-state index in [2.05, 4.69) is 37.2 Å². The molecule has 0 amide bonds. The molecule has 2 N–H and O–H groups in total. The van der Waals surface area contributed by atoms with Crippen LogP contribution in [-0.2, 0) is 19.1 Å². The second-order valence-electron chi connectivity index (χ2n) is 5.00. The first-order chi connectivity index (χ1) is 10.6. The number of rotatable bonds is 3. The molecule has 1 aromatic rings. The van der Waals surface area contributed by atoms with Gasteiger partial charge in [-0.15, -0.1) is 0 Å². The van der Waals surface area contributed by atoms with Gasteiger partial charge in [-0.25, -0.2) is 14.4 Å². The summed E-state index contributed by atoms with van der Waals surface area (Å²) in [7, 11) is 0. The van der Waals surface area contributed by atoms with Crippen LogP contribution in [0.5, 0.6) is 0 Å². The topological polar surface area (TPSA) is 102 Å². The molecule has 1 aliphatic rings. The van der Waals surface area contributed by atoms with Crippen molar-refractivity contribution in [3.63, 3.8) is 0 Å². The number of hydrogen-bond donors (Lipinski definition) is 2. The molecule has 1 heterocycles. The molecule has 9 heteroatoms. The van der Waals surface area contributed by atoms with Gasteiger partial charge in [-0.3, -0.25) is 0 Å². The molecular weight excluding hydrogens is 438 g/mol. The average Bonchev–Trinajstić information content (AvgIpc) is 2.37. The van der Waals surface area contributed by atoms with Gasteiger partial charge < -0.3 is 19.9 Å². The number of hydrogen-bond acceptors (Lipinski definition) is 6. The normalized spacial score (nSPS) is 16.4. The van der Waals surface area contributed by atoms with Crippen LogP contribution >= 0.6 is 31.9 Å². The monoisotopic (exact) mass is 447 g/mol. The van der Waals surface area contributed by atoms with Gasteiger partial charge in [0.25, 0.3) is 5.79 Å². The largest absolute Gasteiger partial charge is 0.478 e. The number of carbonyl (C=O) groups excluding carboxylic acids is 2. The Hall–Kier alpha value is -1.87. The second kappa shape index (κ2) is 6.32. The smallest absolute Gasteiger partial charge is 0.350 e. The van der Waals surface area contributed by atoms with E-state index in [-0.39, 0.29) is 16.8 Å². The summed E-state index contributed by atoms with van der Waals surface area (Å²) in [4.78, 5) is 35.0. The Balaban J connectivity index is 2.35. The van der Waals surface area contributed by atoms with Gasteiger partial charge >= 0.3 is 17.9 Å². The summed E-state index contributed by atoms with van der Waals surface area (Å²) < 4.78 is 10.9. The molecule has 0 aromatic heterocycles. The number of halogens is 2. The van der Waals surface area contributed by atoms with Gasteiger partial charge in [0, 0.05) is 29.0 Å².